The van der Waals surface area contributed by atoms with E-state index in [4.69, 9.17) is 20.6 Å². The number of nitrogens with one attached hydrogen (secondary N) is 2. The molecule has 0 spiro atoms. The van der Waals surface area contributed by atoms with Crippen molar-refractivity contribution < 1.29 is 23.8 Å². The van der Waals surface area contributed by atoms with Gasteiger partial charge in [-0.05, 0) is 49.8 Å². The van der Waals surface area contributed by atoms with Gasteiger partial charge in [-0.1, -0.05) is 12.1 Å². The molecule has 0 aliphatic carbocycles. The minimum absolute atomic E-state index is 0.103. The second-order valence-electron chi connectivity index (χ2n) is 7.89. The Morgan fingerprint density at radius 2 is 1.97 bits per heavy atom. The highest BCUT2D eigenvalue weighted by Crippen LogP contribution is 2.27. The van der Waals surface area contributed by atoms with Crippen LogP contribution in [0, 0.1) is 11.3 Å². The Bertz CT molecular complexity index is 779. The van der Waals surface area contributed by atoms with Gasteiger partial charge >= 0.3 is 12.2 Å². The molecule has 2 fully saturated rings. The van der Waals surface area contributed by atoms with Crippen molar-refractivity contribution >= 4 is 18.1 Å². The summed E-state index contributed by atoms with van der Waals surface area (Å²) in [6.07, 6.45) is 0.946. The minimum atomic E-state index is -0.670. The summed E-state index contributed by atoms with van der Waals surface area (Å²) in [5.74, 6) is 1.07. The van der Waals surface area contributed by atoms with Gasteiger partial charge in [-0.25, -0.2) is 9.59 Å². The van der Waals surface area contributed by atoms with Crippen LogP contribution < -0.4 is 15.8 Å². The number of cyclic esters (lactones) is 1. The molecule has 0 radical (unpaired) electrons. The monoisotopic (exact) mass is 433 g/mol. The van der Waals surface area contributed by atoms with Gasteiger partial charge in [0.05, 0.1) is 7.11 Å². The number of amides is 2. The predicted molar refractivity (Wildman–Crippen MR) is 114 cm³/mol. The molecule has 2 heterocycles. The zero-order chi connectivity index (χ0) is 22.4. The lowest BCUT2D eigenvalue weighted by Gasteiger charge is -2.34. The smallest absolute Gasteiger partial charge is 0.413 e. The number of hydrogen-bond acceptors (Lipinski definition) is 6. The molecule has 2 amide bonds. The molecule has 2 aliphatic heterocycles. The van der Waals surface area contributed by atoms with Gasteiger partial charge in [0.25, 0.3) is 6.29 Å². The molecule has 0 saturated carbocycles. The quantitative estimate of drug-likeness (QED) is 0.441. The summed E-state index contributed by atoms with van der Waals surface area (Å²) in [4.78, 5) is 27.1. The first-order valence-electron chi connectivity index (χ1n) is 10.5. The van der Waals surface area contributed by atoms with E-state index in [2.05, 4.69) is 10.1 Å². The molecule has 4 N–H and O–H groups in total. The van der Waals surface area contributed by atoms with Crippen LogP contribution in [0.25, 0.3) is 0 Å². The maximum atomic E-state index is 12.4. The van der Waals surface area contributed by atoms with Gasteiger partial charge in [-0.3, -0.25) is 10.3 Å². The van der Waals surface area contributed by atoms with Gasteiger partial charge in [-0.2, -0.15) is 0 Å². The molecule has 10 nitrogen and oxygen atoms in total. The number of carbonyl (C=O) groups excluding carboxylic acids is 2. The normalized spacial score (nSPS) is 21.5. The summed E-state index contributed by atoms with van der Waals surface area (Å²) < 4.78 is 15.9. The maximum Gasteiger partial charge on any atom is 0.413 e. The van der Waals surface area contributed by atoms with E-state index >= 15 is 0 Å². The van der Waals surface area contributed by atoms with Gasteiger partial charge < -0.3 is 30.2 Å². The van der Waals surface area contributed by atoms with E-state index in [1.165, 1.54) is 7.11 Å². The van der Waals surface area contributed by atoms with Crippen LogP contribution in [0.1, 0.15) is 25.3 Å². The van der Waals surface area contributed by atoms with Crippen LogP contribution in [0.15, 0.2) is 24.3 Å². The Morgan fingerprint density at radius 3 is 2.58 bits per heavy atom. The molecular formula is C21H31N5O5. The van der Waals surface area contributed by atoms with Crippen LogP contribution in [-0.4, -0.2) is 73.6 Å². The topological polar surface area (TPSA) is 130 Å². The van der Waals surface area contributed by atoms with E-state index < -0.39 is 12.4 Å². The van der Waals surface area contributed by atoms with E-state index in [9.17, 15) is 9.59 Å². The summed E-state index contributed by atoms with van der Waals surface area (Å²) in [6.45, 7) is 4.48. The van der Waals surface area contributed by atoms with Crippen molar-refractivity contribution in [3.8, 4) is 5.75 Å². The lowest BCUT2D eigenvalue weighted by molar-refractivity contribution is -0.0137. The summed E-state index contributed by atoms with van der Waals surface area (Å²) in [7, 11) is 1.33. The third-order valence-electron chi connectivity index (χ3n) is 5.79. The third kappa shape index (κ3) is 5.93. The van der Waals surface area contributed by atoms with Crippen molar-refractivity contribution in [2.45, 2.75) is 38.5 Å². The number of rotatable bonds is 7. The number of benzene rings is 1. The number of likely N-dealkylation sites (tertiary alicyclic amines) is 1. The molecule has 10 heteroatoms. The highest BCUT2D eigenvalue weighted by atomic mass is 16.7. The Morgan fingerprint density at radius 1 is 1.29 bits per heavy atom. The lowest BCUT2D eigenvalue weighted by atomic mass is 9.96. The molecule has 170 valence electrons. The number of nitrogens with zero attached hydrogens (tertiary/aromatic N) is 2. The van der Waals surface area contributed by atoms with E-state index in [0.717, 1.165) is 31.5 Å². The fourth-order valence-electron chi connectivity index (χ4n) is 3.83. The average Bonchev–Trinajstić information content (AvgIpc) is 3.02. The van der Waals surface area contributed by atoms with E-state index in [1.54, 1.807) is 4.90 Å². The number of alkyl carbamates (subject to hydrolysis) is 1. The van der Waals surface area contributed by atoms with Crippen LogP contribution in [0.4, 0.5) is 9.59 Å². The van der Waals surface area contributed by atoms with Crippen molar-refractivity contribution in [1.82, 2.24) is 15.1 Å². The zero-order valence-electron chi connectivity index (χ0n) is 18.0. The van der Waals surface area contributed by atoms with E-state index in [1.807, 2.05) is 36.1 Å². The van der Waals surface area contributed by atoms with Crippen molar-refractivity contribution in [1.29, 1.82) is 5.41 Å². The molecule has 31 heavy (non-hydrogen) atoms. The van der Waals surface area contributed by atoms with E-state index in [-0.39, 0.29) is 18.1 Å². The summed E-state index contributed by atoms with van der Waals surface area (Å²) in [6, 6.07) is 7.27. The highest BCUT2D eigenvalue weighted by Gasteiger charge is 2.41. The highest BCUT2D eigenvalue weighted by molar-refractivity contribution is 5.74. The first-order valence-corrected chi connectivity index (χ1v) is 10.5. The Balaban J connectivity index is 1.47. The Hall–Kier alpha value is -3.17. The van der Waals surface area contributed by atoms with Crippen LogP contribution in [0.2, 0.25) is 0 Å². The standard InChI is InChI=1S/C21H31N5O5/c1-14-18(30-17-5-3-15(4-6-17)7-10-24-20(27)29-2)31-21(28)26(14)13-16-8-11-25(12-9-16)19(22)23/h3-6,14,16,18H,7-13H2,1-2H3,(H3,22,23)(H,24,27). The van der Waals surface area contributed by atoms with Gasteiger partial charge in [0.2, 0.25) is 0 Å². The third-order valence-corrected chi connectivity index (χ3v) is 5.79. The number of hydrogen-bond donors (Lipinski definition) is 3. The van der Waals surface area contributed by atoms with Gasteiger partial charge in [0.1, 0.15) is 11.8 Å². The number of carbonyl (C=O) groups is 2. The zero-order valence-corrected chi connectivity index (χ0v) is 18.0. The molecule has 1 aromatic carbocycles. The first kappa shape index (κ1) is 22.5. The van der Waals surface area contributed by atoms with Gasteiger partial charge in [0, 0.05) is 26.2 Å². The number of piperidine rings is 1. The number of ether oxygens (including phenoxy) is 3. The van der Waals surface area contributed by atoms with Crippen molar-refractivity contribution in [2.24, 2.45) is 11.7 Å². The number of nitrogens with two attached hydrogens (primary N) is 1. The molecule has 2 aliphatic rings. The van der Waals surface area contributed by atoms with Gasteiger partial charge in [0.15, 0.2) is 5.96 Å². The first-order chi connectivity index (χ1) is 14.9. The maximum absolute atomic E-state index is 12.4. The molecular weight excluding hydrogens is 402 g/mol. The molecule has 0 bridgehead atoms. The van der Waals surface area contributed by atoms with Crippen molar-refractivity contribution in [2.75, 3.05) is 33.3 Å². The largest absolute Gasteiger partial charge is 0.453 e. The fourth-order valence-corrected chi connectivity index (χ4v) is 3.83. The fraction of sp³-hybridized carbons (Fsp3) is 0.571. The number of methoxy groups -OCH3 is 1. The summed E-state index contributed by atoms with van der Waals surface area (Å²) in [5, 5.41) is 10.2. The molecule has 0 aromatic heterocycles. The summed E-state index contributed by atoms with van der Waals surface area (Å²) in [5.41, 5.74) is 6.59. The molecule has 1 aromatic rings. The van der Waals surface area contributed by atoms with Crippen LogP contribution in [-0.2, 0) is 15.9 Å². The minimum Gasteiger partial charge on any atom is -0.453 e. The second-order valence-corrected chi connectivity index (χ2v) is 7.89. The molecule has 3 rings (SSSR count). The molecule has 2 atom stereocenters. The molecule has 2 unspecified atom stereocenters. The van der Waals surface area contributed by atoms with Gasteiger partial charge in [-0.15, -0.1) is 0 Å². The summed E-state index contributed by atoms with van der Waals surface area (Å²) >= 11 is 0. The second kappa shape index (κ2) is 10.2. The predicted octanol–water partition coefficient (Wildman–Crippen LogP) is 1.74. The molecule has 2 saturated heterocycles. The SMILES string of the molecule is COC(=O)NCCc1ccc(OC2OC(=O)N(CC3CCN(C(=N)N)CC3)C2C)cc1. The van der Waals surface area contributed by atoms with Crippen LogP contribution in [0.5, 0.6) is 5.75 Å². The number of guanidine groups is 1. The Labute approximate surface area is 182 Å². The van der Waals surface area contributed by atoms with Crippen molar-refractivity contribution in [3.63, 3.8) is 0 Å². The Kier molecular flexibility index (Phi) is 7.43. The van der Waals surface area contributed by atoms with Crippen LogP contribution in [0.3, 0.4) is 0 Å². The van der Waals surface area contributed by atoms with Crippen LogP contribution >= 0.6 is 0 Å². The lowest BCUT2D eigenvalue weighted by Crippen LogP contribution is -2.45. The average molecular weight is 434 g/mol. The van der Waals surface area contributed by atoms with E-state index in [0.29, 0.717) is 31.2 Å². The van der Waals surface area contributed by atoms with Crippen molar-refractivity contribution in [3.05, 3.63) is 29.8 Å².